The maximum absolute atomic E-state index is 4.87. The number of benzene rings is 1. The molecule has 0 unspecified atom stereocenters. The first-order valence-corrected chi connectivity index (χ1v) is 10.5. The number of hydrogen-bond donors (Lipinski definition) is 1. The van der Waals surface area contributed by atoms with E-state index in [-0.39, 0.29) is 0 Å². The van der Waals surface area contributed by atoms with Crippen molar-refractivity contribution >= 4 is 11.0 Å². The highest BCUT2D eigenvalue weighted by Gasteiger charge is 2.14. The number of pyridine rings is 3. The number of nitrogens with one attached hydrogen (secondary N) is 1. The first kappa shape index (κ1) is 19.0. The van der Waals surface area contributed by atoms with Crippen LogP contribution in [0.5, 0.6) is 0 Å². The molecule has 0 amide bonds. The Bertz CT molecular complexity index is 1580. The number of aromatic amines is 1. The van der Waals surface area contributed by atoms with Crippen LogP contribution in [0.3, 0.4) is 0 Å². The Morgan fingerprint density at radius 2 is 1.73 bits per heavy atom. The molecule has 6 aromatic rings. The van der Waals surface area contributed by atoms with E-state index in [9.17, 15) is 0 Å². The predicted octanol–water partition coefficient (Wildman–Crippen LogP) is 4.64. The molecular formula is C25H18N8. The lowest BCUT2D eigenvalue weighted by Gasteiger charge is -2.05. The third-order valence-electron chi connectivity index (χ3n) is 5.39. The van der Waals surface area contributed by atoms with Gasteiger partial charge in [0.2, 0.25) is 0 Å². The molecule has 1 aromatic carbocycles. The smallest absolute Gasteiger partial charge is 0.120 e. The first-order chi connectivity index (χ1) is 16.2. The van der Waals surface area contributed by atoms with Crippen LogP contribution < -0.4 is 0 Å². The Hall–Kier alpha value is -4.72. The van der Waals surface area contributed by atoms with E-state index in [1.165, 1.54) is 0 Å². The van der Waals surface area contributed by atoms with Crippen LogP contribution in [0.4, 0.5) is 0 Å². The lowest BCUT2D eigenvalue weighted by molar-refractivity contribution is 0.804. The maximum Gasteiger partial charge on any atom is 0.120 e. The fraction of sp³-hybridized carbons (Fsp3) is 0.0400. The number of H-pyrrole nitrogens is 1. The number of aryl methyl sites for hydroxylation is 1. The molecule has 158 valence electrons. The standard InChI is InChI=1S/C25H18N8/c1-16-6-5-9-22(28-16)25-19(14-27-31-25)20-10-11-21-23(29-20)12-17(13-26-21)24-15-33(32-30-24)18-7-3-2-4-8-18/h2-15H,1H3,(H,27,31). The molecule has 0 aliphatic rings. The van der Waals surface area contributed by atoms with Crippen LogP contribution in [0, 0.1) is 6.92 Å². The minimum absolute atomic E-state index is 0.730. The van der Waals surface area contributed by atoms with Gasteiger partial charge in [0.25, 0.3) is 0 Å². The summed E-state index contributed by atoms with van der Waals surface area (Å²) in [7, 11) is 0. The van der Waals surface area contributed by atoms with E-state index < -0.39 is 0 Å². The zero-order valence-electron chi connectivity index (χ0n) is 17.7. The predicted molar refractivity (Wildman–Crippen MR) is 125 cm³/mol. The van der Waals surface area contributed by atoms with E-state index in [1.807, 2.05) is 86.0 Å². The van der Waals surface area contributed by atoms with Gasteiger partial charge in [-0.2, -0.15) is 5.10 Å². The quantitative estimate of drug-likeness (QED) is 0.438. The van der Waals surface area contributed by atoms with Crippen molar-refractivity contribution in [3.05, 3.63) is 91.0 Å². The Morgan fingerprint density at radius 3 is 2.61 bits per heavy atom. The molecule has 6 rings (SSSR count). The van der Waals surface area contributed by atoms with E-state index in [1.54, 1.807) is 10.9 Å². The third kappa shape index (κ3) is 3.53. The van der Waals surface area contributed by atoms with Gasteiger partial charge in [-0.15, -0.1) is 5.10 Å². The molecule has 0 spiro atoms. The van der Waals surface area contributed by atoms with Crippen LogP contribution in [0.15, 0.2) is 85.3 Å². The molecule has 0 saturated carbocycles. The Balaban J connectivity index is 1.39. The van der Waals surface area contributed by atoms with E-state index in [0.29, 0.717) is 0 Å². The summed E-state index contributed by atoms with van der Waals surface area (Å²) in [6, 6.07) is 21.7. The summed E-state index contributed by atoms with van der Waals surface area (Å²) in [5, 5.41) is 15.9. The minimum Gasteiger partial charge on any atom is -0.284 e. The van der Waals surface area contributed by atoms with Gasteiger partial charge in [0.15, 0.2) is 0 Å². The van der Waals surface area contributed by atoms with Crippen LogP contribution >= 0.6 is 0 Å². The second-order valence-corrected chi connectivity index (χ2v) is 7.65. The van der Waals surface area contributed by atoms with Gasteiger partial charge in [-0.3, -0.25) is 15.1 Å². The summed E-state index contributed by atoms with van der Waals surface area (Å²) in [6.07, 6.45) is 5.53. The zero-order chi connectivity index (χ0) is 22.2. The van der Waals surface area contributed by atoms with Crippen molar-refractivity contribution in [3.63, 3.8) is 0 Å². The summed E-state index contributed by atoms with van der Waals surface area (Å²) in [5.41, 5.74) is 8.28. The highest BCUT2D eigenvalue weighted by molar-refractivity contribution is 5.84. The van der Waals surface area contributed by atoms with Crippen LogP contribution in [0.2, 0.25) is 0 Å². The molecule has 33 heavy (non-hydrogen) atoms. The molecule has 5 heterocycles. The van der Waals surface area contributed by atoms with E-state index >= 15 is 0 Å². The molecule has 1 N–H and O–H groups in total. The zero-order valence-corrected chi connectivity index (χ0v) is 17.7. The largest absolute Gasteiger partial charge is 0.284 e. The fourth-order valence-electron chi connectivity index (χ4n) is 3.76. The van der Waals surface area contributed by atoms with Gasteiger partial charge in [-0.1, -0.05) is 29.5 Å². The second kappa shape index (κ2) is 7.76. The molecule has 0 atom stereocenters. The lowest BCUT2D eigenvalue weighted by Crippen LogP contribution is -1.93. The summed E-state index contributed by atoms with van der Waals surface area (Å²) in [5.74, 6) is 0. The lowest BCUT2D eigenvalue weighted by atomic mass is 10.1. The van der Waals surface area contributed by atoms with Gasteiger partial charge >= 0.3 is 0 Å². The van der Waals surface area contributed by atoms with E-state index in [2.05, 4.69) is 30.5 Å². The Kier molecular flexibility index (Phi) is 4.47. The number of fused-ring (bicyclic) bond motifs is 1. The monoisotopic (exact) mass is 430 g/mol. The topological polar surface area (TPSA) is 98.1 Å². The van der Waals surface area contributed by atoms with Gasteiger partial charge in [-0.05, 0) is 49.4 Å². The van der Waals surface area contributed by atoms with Crippen molar-refractivity contribution in [2.45, 2.75) is 6.92 Å². The highest BCUT2D eigenvalue weighted by Crippen LogP contribution is 2.29. The number of hydrogen-bond acceptors (Lipinski definition) is 6. The van der Waals surface area contributed by atoms with E-state index in [0.717, 1.165) is 56.3 Å². The molecule has 0 radical (unpaired) electrons. The van der Waals surface area contributed by atoms with Crippen LogP contribution in [0.1, 0.15) is 5.69 Å². The maximum atomic E-state index is 4.87. The summed E-state index contributed by atoms with van der Waals surface area (Å²) in [6.45, 7) is 1.96. The molecular weight excluding hydrogens is 412 g/mol. The SMILES string of the molecule is Cc1cccc(-c2n[nH]cc2-c2ccc3ncc(-c4cn(-c5ccccc5)nn4)cc3n2)n1. The van der Waals surface area contributed by atoms with Crippen molar-refractivity contribution in [2.75, 3.05) is 0 Å². The van der Waals surface area contributed by atoms with Crippen LogP contribution in [-0.4, -0.2) is 40.1 Å². The first-order valence-electron chi connectivity index (χ1n) is 10.5. The van der Waals surface area contributed by atoms with Gasteiger partial charge in [0.1, 0.15) is 11.4 Å². The fourth-order valence-corrected chi connectivity index (χ4v) is 3.76. The summed E-state index contributed by atoms with van der Waals surface area (Å²) in [4.78, 5) is 14.1. The van der Waals surface area contributed by atoms with Gasteiger partial charge in [-0.25, -0.2) is 9.67 Å². The number of aromatic nitrogens is 8. The molecule has 5 aromatic heterocycles. The molecule has 0 saturated heterocycles. The van der Waals surface area contributed by atoms with Crippen molar-refractivity contribution in [3.8, 4) is 39.6 Å². The van der Waals surface area contributed by atoms with Crippen molar-refractivity contribution in [2.24, 2.45) is 0 Å². The highest BCUT2D eigenvalue weighted by atomic mass is 15.4. The second-order valence-electron chi connectivity index (χ2n) is 7.65. The van der Waals surface area contributed by atoms with Gasteiger partial charge in [0, 0.05) is 29.2 Å². The third-order valence-corrected chi connectivity index (χ3v) is 5.39. The molecule has 0 fully saturated rings. The average Bonchev–Trinajstić information content (AvgIpc) is 3.54. The molecule has 8 nitrogen and oxygen atoms in total. The van der Waals surface area contributed by atoms with Crippen LogP contribution in [-0.2, 0) is 0 Å². The summed E-state index contributed by atoms with van der Waals surface area (Å²) >= 11 is 0. The minimum atomic E-state index is 0.730. The molecule has 0 aliphatic carbocycles. The number of nitrogens with zero attached hydrogens (tertiary/aromatic N) is 7. The van der Waals surface area contributed by atoms with Gasteiger partial charge < -0.3 is 0 Å². The van der Waals surface area contributed by atoms with Crippen LogP contribution in [0.25, 0.3) is 50.6 Å². The molecule has 8 heteroatoms. The number of rotatable bonds is 4. The van der Waals surface area contributed by atoms with Crippen molar-refractivity contribution in [1.29, 1.82) is 0 Å². The average molecular weight is 430 g/mol. The Morgan fingerprint density at radius 1 is 0.818 bits per heavy atom. The van der Waals surface area contributed by atoms with E-state index in [4.69, 9.17) is 4.98 Å². The van der Waals surface area contributed by atoms with Crippen molar-refractivity contribution < 1.29 is 0 Å². The molecule has 0 aliphatic heterocycles. The summed E-state index contributed by atoms with van der Waals surface area (Å²) < 4.78 is 1.75. The van der Waals surface area contributed by atoms with Gasteiger partial charge in [0.05, 0.1) is 34.3 Å². The molecule has 0 bridgehead atoms. The Labute approximate surface area is 189 Å². The number of para-hydroxylation sites is 1. The normalized spacial score (nSPS) is 11.2. The van der Waals surface area contributed by atoms with Crippen molar-refractivity contribution in [1.82, 2.24) is 40.1 Å².